The van der Waals surface area contributed by atoms with Gasteiger partial charge in [-0.2, -0.15) is 0 Å². The molecule has 10 nitrogen and oxygen atoms in total. The molecule has 0 saturated carbocycles. The number of allylic oxidation sites excluding steroid dienone is 6. The lowest BCUT2D eigenvalue weighted by molar-refractivity contribution is -0.161. The summed E-state index contributed by atoms with van der Waals surface area (Å²) in [5.74, 6) is -0.971. The summed E-state index contributed by atoms with van der Waals surface area (Å²) in [4.78, 5) is 34.8. The fourth-order valence-corrected chi connectivity index (χ4v) is 5.61. The number of hydrogen-bond acceptors (Lipinski definition) is 9. The van der Waals surface area contributed by atoms with Gasteiger partial charge in [-0.25, -0.2) is 4.57 Å². The SMILES string of the molecule is CCCCC/C=C\C/C=C\C/C=C\CCCCC(=O)O[C@H](COC(=O)CCCCCCCCCCCCC)COP(=O)(O)OC[C@@H](O)CO. The molecule has 11 heteroatoms. The van der Waals surface area contributed by atoms with Gasteiger partial charge in [0.05, 0.1) is 19.8 Å². The average molecular weight is 717 g/mol. The van der Waals surface area contributed by atoms with Gasteiger partial charge in [-0.3, -0.25) is 18.6 Å². The quantitative estimate of drug-likeness (QED) is 0.0251. The Labute approximate surface area is 297 Å². The lowest BCUT2D eigenvalue weighted by Crippen LogP contribution is -2.29. The van der Waals surface area contributed by atoms with E-state index in [0.29, 0.717) is 12.8 Å². The summed E-state index contributed by atoms with van der Waals surface area (Å²) >= 11 is 0. The average Bonchev–Trinajstić information content (AvgIpc) is 3.09. The Morgan fingerprint density at radius 3 is 1.63 bits per heavy atom. The fourth-order valence-electron chi connectivity index (χ4n) is 4.82. The summed E-state index contributed by atoms with van der Waals surface area (Å²) in [6.07, 6.45) is 32.6. The monoisotopic (exact) mass is 716 g/mol. The van der Waals surface area contributed by atoms with E-state index in [1.807, 2.05) is 0 Å². The van der Waals surface area contributed by atoms with E-state index in [2.05, 4.69) is 54.8 Å². The van der Waals surface area contributed by atoms with Crippen molar-refractivity contribution in [2.75, 3.05) is 26.4 Å². The molecule has 0 rings (SSSR count). The molecule has 1 unspecified atom stereocenters. The number of aliphatic hydroxyl groups excluding tert-OH is 2. The van der Waals surface area contributed by atoms with Crippen molar-refractivity contribution in [3.05, 3.63) is 36.5 Å². The van der Waals surface area contributed by atoms with E-state index in [-0.39, 0.29) is 19.4 Å². The second kappa shape index (κ2) is 34.6. The molecule has 0 amide bonds. The Bertz CT molecular complexity index is 920. The van der Waals surface area contributed by atoms with Crippen LogP contribution in [-0.4, -0.2) is 65.7 Å². The number of hydrogen-bond donors (Lipinski definition) is 3. The molecule has 0 radical (unpaired) electrons. The summed E-state index contributed by atoms with van der Waals surface area (Å²) in [6, 6.07) is 0. The van der Waals surface area contributed by atoms with E-state index < -0.39 is 51.8 Å². The minimum atomic E-state index is -4.62. The van der Waals surface area contributed by atoms with E-state index >= 15 is 0 Å². The first-order valence-electron chi connectivity index (χ1n) is 18.9. The Morgan fingerprint density at radius 1 is 0.612 bits per heavy atom. The van der Waals surface area contributed by atoms with Crippen LogP contribution in [-0.2, 0) is 32.7 Å². The van der Waals surface area contributed by atoms with Crippen LogP contribution in [0, 0.1) is 0 Å². The van der Waals surface area contributed by atoms with Gasteiger partial charge in [0.25, 0.3) is 0 Å². The van der Waals surface area contributed by atoms with Gasteiger partial charge in [0.15, 0.2) is 6.10 Å². The van der Waals surface area contributed by atoms with Crippen LogP contribution in [0.25, 0.3) is 0 Å². The highest BCUT2D eigenvalue weighted by molar-refractivity contribution is 7.47. The van der Waals surface area contributed by atoms with Gasteiger partial charge in [0, 0.05) is 12.8 Å². The van der Waals surface area contributed by atoms with Crippen LogP contribution in [0.2, 0.25) is 0 Å². The number of carbonyl (C=O) groups is 2. The summed E-state index contributed by atoms with van der Waals surface area (Å²) in [7, 11) is -4.62. The summed E-state index contributed by atoms with van der Waals surface area (Å²) in [5, 5.41) is 18.3. The smallest absolute Gasteiger partial charge is 0.462 e. The number of rotatable bonds is 35. The van der Waals surface area contributed by atoms with Crippen LogP contribution in [0.1, 0.15) is 155 Å². The standard InChI is InChI=1S/C38H69O10P/c1-3-5-7-9-11-13-15-16-17-18-20-22-24-26-28-30-38(42)48-36(34-47-49(43,44)46-32-35(40)31-39)33-45-37(41)29-27-25-23-21-19-14-12-10-8-6-4-2/h11,13,16-17,20,22,35-36,39-40H,3-10,12,14-15,18-19,21,23-34H2,1-2H3,(H,43,44)/b13-11-,17-16-,22-20-/t35-,36+/m0/s1. The highest BCUT2D eigenvalue weighted by atomic mass is 31.2. The van der Waals surface area contributed by atoms with Crippen molar-refractivity contribution in [3.63, 3.8) is 0 Å². The van der Waals surface area contributed by atoms with Crippen molar-refractivity contribution in [2.45, 2.75) is 167 Å². The number of phosphoric acid groups is 1. The predicted molar refractivity (Wildman–Crippen MR) is 196 cm³/mol. The molecule has 0 saturated heterocycles. The Morgan fingerprint density at radius 2 is 1.06 bits per heavy atom. The Balaban J connectivity index is 4.46. The second-order valence-corrected chi connectivity index (χ2v) is 14.1. The first-order chi connectivity index (χ1) is 23.7. The topological polar surface area (TPSA) is 149 Å². The first kappa shape index (κ1) is 47.2. The van der Waals surface area contributed by atoms with Crippen molar-refractivity contribution >= 4 is 19.8 Å². The van der Waals surface area contributed by atoms with E-state index in [4.69, 9.17) is 19.1 Å². The zero-order valence-corrected chi connectivity index (χ0v) is 31.5. The van der Waals surface area contributed by atoms with Crippen LogP contribution >= 0.6 is 7.82 Å². The molecular weight excluding hydrogens is 647 g/mol. The molecular formula is C38H69O10P. The molecule has 3 atom stereocenters. The molecule has 0 bridgehead atoms. The van der Waals surface area contributed by atoms with Crippen LogP contribution in [0.4, 0.5) is 0 Å². The van der Waals surface area contributed by atoms with Gasteiger partial charge in [-0.1, -0.05) is 127 Å². The summed E-state index contributed by atoms with van der Waals surface area (Å²) in [5.41, 5.74) is 0. The number of ether oxygens (including phenoxy) is 2. The lowest BCUT2D eigenvalue weighted by Gasteiger charge is -2.20. The number of unbranched alkanes of at least 4 members (excludes halogenated alkanes) is 15. The molecule has 0 aliphatic heterocycles. The maximum atomic E-state index is 12.5. The van der Waals surface area contributed by atoms with Crippen molar-refractivity contribution in [1.82, 2.24) is 0 Å². The number of aliphatic hydroxyl groups is 2. The Hall–Kier alpha value is -1.81. The first-order valence-corrected chi connectivity index (χ1v) is 20.4. The van der Waals surface area contributed by atoms with Crippen LogP contribution in [0.15, 0.2) is 36.5 Å². The molecule has 286 valence electrons. The van der Waals surface area contributed by atoms with Crippen LogP contribution in [0.5, 0.6) is 0 Å². The molecule has 0 aliphatic carbocycles. The van der Waals surface area contributed by atoms with E-state index in [1.54, 1.807) is 0 Å². The minimum absolute atomic E-state index is 0.136. The fraction of sp³-hybridized carbons (Fsp3) is 0.789. The van der Waals surface area contributed by atoms with E-state index in [9.17, 15) is 24.2 Å². The molecule has 0 spiro atoms. The number of carbonyl (C=O) groups excluding carboxylic acids is 2. The molecule has 0 fully saturated rings. The normalized spacial score (nSPS) is 14.5. The van der Waals surface area contributed by atoms with Gasteiger partial charge < -0.3 is 24.6 Å². The van der Waals surface area contributed by atoms with Crippen molar-refractivity contribution in [2.24, 2.45) is 0 Å². The van der Waals surface area contributed by atoms with E-state index in [1.165, 1.54) is 64.2 Å². The highest BCUT2D eigenvalue weighted by Crippen LogP contribution is 2.43. The third-order valence-corrected chi connectivity index (χ3v) is 8.75. The summed E-state index contributed by atoms with van der Waals surface area (Å²) in [6.45, 7) is 2.28. The maximum Gasteiger partial charge on any atom is 0.472 e. The Kier molecular flexibility index (Phi) is 33.4. The molecule has 0 heterocycles. The largest absolute Gasteiger partial charge is 0.472 e. The second-order valence-electron chi connectivity index (χ2n) is 12.6. The molecule has 0 aromatic rings. The molecule has 0 aliphatic rings. The number of phosphoric ester groups is 1. The van der Waals surface area contributed by atoms with Gasteiger partial charge in [-0.15, -0.1) is 0 Å². The zero-order chi connectivity index (χ0) is 36.3. The van der Waals surface area contributed by atoms with Gasteiger partial charge >= 0.3 is 19.8 Å². The van der Waals surface area contributed by atoms with E-state index in [0.717, 1.165) is 51.4 Å². The lowest BCUT2D eigenvalue weighted by atomic mass is 10.1. The molecule has 3 N–H and O–H groups in total. The maximum absolute atomic E-state index is 12.5. The van der Waals surface area contributed by atoms with Gasteiger partial charge in [-0.05, 0) is 51.4 Å². The predicted octanol–water partition coefficient (Wildman–Crippen LogP) is 9.22. The third kappa shape index (κ3) is 34.4. The van der Waals surface area contributed by atoms with Gasteiger partial charge in [0.1, 0.15) is 12.7 Å². The van der Waals surface area contributed by atoms with Crippen LogP contribution < -0.4 is 0 Å². The van der Waals surface area contributed by atoms with Crippen molar-refractivity contribution in [1.29, 1.82) is 0 Å². The summed E-state index contributed by atoms with van der Waals surface area (Å²) < 4.78 is 32.5. The highest BCUT2D eigenvalue weighted by Gasteiger charge is 2.27. The van der Waals surface area contributed by atoms with Crippen molar-refractivity contribution in [3.8, 4) is 0 Å². The third-order valence-electron chi connectivity index (χ3n) is 7.80. The zero-order valence-electron chi connectivity index (χ0n) is 30.7. The van der Waals surface area contributed by atoms with Crippen LogP contribution in [0.3, 0.4) is 0 Å². The molecule has 49 heavy (non-hydrogen) atoms. The van der Waals surface area contributed by atoms with Crippen molar-refractivity contribution < 1.29 is 47.8 Å². The van der Waals surface area contributed by atoms with Gasteiger partial charge in [0.2, 0.25) is 0 Å². The molecule has 0 aromatic carbocycles. The number of esters is 2. The minimum Gasteiger partial charge on any atom is -0.462 e. The molecule has 0 aromatic heterocycles.